The van der Waals surface area contributed by atoms with Crippen LogP contribution in [0.5, 0.6) is 0 Å². The van der Waals surface area contributed by atoms with Crippen molar-refractivity contribution in [1.82, 2.24) is 0 Å². The van der Waals surface area contributed by atoms with Crippen LogP contribution in [0.15, 0.2) is 4.99 Å². The van der Waals surface area contributed by atoms with Crippen LogP contribution in [0, 0.1) is 0 Å². The maximum absolute atomic E-state index is 10.7. The van der Waals surface area contributed by atoms with Gasteiger partial charge in [0.1, 0.15) is 6.61 Å². The number of nitrogens with zero attached hydrogens (tertiary/aromatic N) is 1. The van der Waals surface area contributed by atoms with E-state index in [0.717, 1.165) is 11.8 Å². The molecule has 80 valence electrons. The molecule has 0 aromatic carbocycles. The lowest BCUT2D eigenvalue weighted by Crippen LogP contribution is -2.10. The molecule has 0 N–H and O–H groups in total. The summed E-state index contributed by atoms with van der Waals surface area (Å²) >= 11 is 1.09. The van der Waals surface area contributed by atoms with E-state index in [-0.39, 0.29) is 5.30 Å². The number of hydrogen-bond donors (Lipinski definition) is 0. The number of carbonyl (C=O) groups is 1. The monoisotopic (exact) mass is 215 g/mol. The standard InChI is InChI=1S/C10H17NO2S/c1-14-10(12)13-8-7-11-9-5-3-2-4-6-9/h7,9H,2-6,8H2,1H3. The van der Waals surface area contributed by atoms with Gasteiger partial charge < -0.3 is 4.74 Å². The van der Waals surface area contributed by atoms with Crippen LogP contribution in [-0.2, 0) is 4.74 Å². The van der Waals surface area contributed by atoms with E-state index in [4.69, 9.17) is 4.74 Å². The molecule has 1 aliphatic rings. The zero-order chi connectivity index (χ0) is 10.2. The molecule has 3 nitrogen and oxygen atoms in total. The van der Waals surface area contributed by atoms with Gasteiger partial charge in [0.2, 0.25) is 0 Å². The molecular formula is C10H17NO2S. The lowest BCUT2D eigenvalue weighted by atomic mass is 9.96. The van der Waals surface area contributed by atoms with E-state index in [2.05, 4.69) is 4.99 Å². The van der Waals surface area contributed by atoms with Crippen molar-refractivity contribution >= 4 is 23.3 Å². The first-order valence-corrected chi connectivity index (χ1v) is 6.28. The molecule has 0 spiro atoms. The number of carbonyl (C=O) groups excluding carboxylic acids is 1. The van der Waals surface area contributed by atoms with Crippen molar-refractivity contribution in [2.75, 3.05) is 12.9 Å². The van der Waals surface area contributed by atoms with Crippen molar-refractivity contribution in [1.29, 1.82) is 0 Å². The van der Waals surface area contributed by atoms with Crippen LogP contribution in [-0.4, -0.2) is 30.4 Å². The third-order valence-electron chi connectivity index (χ3n) is 2.33. The molecule has 0 bridgehead atoms. The lowest BCUT2D eigenvalue weighted by Gasteiger charge is -2.16. The van der Waals surface area contributed by atoms with Gasteiger partial charge in [-0.25, -0.2) is 4.79 Å². The Kier molecular flexibility index (Phi) is 5.68. The predicted octanol–water partition coefficient (Wildman–Crippen LogP) is 2.89. The summed E-state index contributed by atoms with van der Waals surface area (Å²) in [6.07, 6.45) is 9.72. The Hall–Kier alpha value is -0.510. The first-order valence-electron chi connectivity index (χ1n) is 5.05. The molecule has 4 heteroatoms. The molecule has 0 amide bonds. The summed E-state index contributed by atoms with van der Waals surface area (Å²) in [4.78, 5) is 15.1. The number of ether oxygens (including phenoxy) is 1. The summed E-state index contributed by atoms with van der Waals surface area (Å²) in [5.74, 6) is 0. The van der Waals surface area contributed by atoms with Crippen LogP contribution in [0.3, 0.4) is 0 Å². The highest BCUT2D eigenvalue weighted by atomic mass is 32.2. The zero-order valence-corrected chi connectivity index (χ0v) is 9.39. The van der Waals surface area contributed by atoms with E-state index in [1.165, 1.54) is 32.1 Å². The number of aliphatic imine (C=N–C) groups is 1. The average Bonchev–Trinajstić information content (AvgIpc) is 2.25. The topological polar surface area (TPSA) is 38.7 Å². The van der Waals surface area contributed by atoms with Gasteiger partial charge in [0.25, 0.3) is 0 Å². The molecular weight excluding hydrogens is 198 g/mol. The second kappa shape index (κ2) is 6.87. The SMILES string of the molecule is CSC(=O)OCC=NC1CCCCC1. The summed E-state index contributed by atoms with van der Waals surface area (Å²) in [5.41, 5.74) is 0. The van der Waals surface area contributed by atoms with Crippen LogP contribution in [0.4, 0.5) is 4.79 Å². The average molecular weight is 215 g/mol. The fraction of sp³-hybridized carbons (Fsp3) is 0.800. The third kappa shape index (κ3) is 4.65. The molecule has 1 aliphatic carbocycles. The van der Waals surface area contributed by atoms with Crippen molar-refractivity contribution in [2.24, 2.45) is 4.99 Å². The van der Waals surface area contributed by atoms with Gasteiger partial charge in [-0.3, -0.25) is 4.99 Å². The van der Waals surface area contributed by atoms with Gasteiger partial charge in [0, 0.05) is 12.3 Å². The number of thioether (sulfide) groups is 1. The second-order valence-corrected chi connectivity index (χ2v) is 4.13. The Balaban J connectivity index is 2.09. The maximum Gasteiger partial charge on any atom is 0.367 e. The third-order valence-corrected chi connectivity index (χ3v) is 2.78. The molecule has 0 aromatic heterocycles. The van der Waals surface area contributed by atoms with E-state index in [9.17, 15) is 4.79 Å². The molecule has 1 fully saturated rings. The van der Waals surface area contributed by atoms with E-state index < -0.39 is 0 Å². The molecule has 0 radical (unpaired) electrons. The molecule has 0 saturated heterocycles. The smallest absolute Gasteiger partial charge is 0.367 e. The Morgan fingerprint density at radius 2 is 2.21 bits per heavy atom. The molecule has 0 heterocycles. The van der Waals surface area contributed by atoms with Crippen molar-refractivity contribution in [3.8, 4) is 0 Å². The predicted molar refractivity (Wildman–Crippen MR) is 60.2 cm³/mol. The van der Waals surface area contributed by atoms with Crippen LogP contribution in [0.1, 0.15) is 32.1 Å². The minimum absolute atomic E-state index is 0.236. The Morgan fingerprint density at radius 1 is 1.50 bits per heavy atom. The molecule has 1 rings (SSSR count). The molecule has 0 atom stereocenters. The molecule has 1 saturated carbocycles. The van der Waals surface area contributed by atoms with Crippen molar-refractivity contribution in [3.05, 3.63) is 0 Å². The summed E-state index contributed by atoms with van der Waals surface area (Å²) in [7, 11) is 0. The fourth-order valence-electron chi connectivity index (χ4n) is 1.59. The zero-order valence-electron chi connectivity index (χ0n) is 8.57. The summed E-state index contributed by atoms with van der Waals surface area (Å²) in [6, 6.07) is 0.469. The highest BCUT2D eigenvalue weighted by Crippen LogP contribution is 2.19. The molecule has 0 unspecified atom stereocenters. The quantitative estimate of drug-likeness (QED) is 0.536. The van der Waals surface area contributed by atoms with Crippen LogP contribution in [0.25, 0.3) is 0 Å². The minimum atomic E-state index is -0.236. The van der Waals surface area contributed by atoms with E-state index >= 15 is 0 Å². The van der Waals surface area contributed by atoms with Crippen LogP contribution >= 0.6 is 11.8 Å². The summed E-state index contributed by atoms with van der Waals surface area (Å²) < 4.78 is 4.86. The minimum Gasteiger partial charge on any atom is -0.452 e. The van der Waals surface area contributed by atoms with E-state index in [1.54, 1.807) is 12.5 Å². The summed E-state index contributed by atoms with van der Waals surface area (Å²) in [5, 5.41) is -0.236. The number of hydrogen-bond acceptors (Lipinski definition) is 4. The molecule has 0 aliphatic heterocycles. The fourth-order valence-corrected chi connectivity index (χ4v) is 1.77. The Bertz CT molecular complexity index is 200. The van der Waals surface area contributed by atoms with Crippen molar-refractivity contribution < 1.29 is 9.53 Å². The Morgan fingerprint density at radius 3 is 2.86 bits per heavy atom. The van der Waals surface area contributed by atoms with Crippen LogP contribution < -0.4 is 0 Å². The van der Waals surface area contributed by atoms with E-state index in [1.807, 2.05) is 0 Å². The highest BCUT2D eigenvalue weighted by molar-refractivity contribution is 8.12. The first-order chi connectivity index (χ1) is 6.83. The van der Waals surface area contributed by atoms with Crippen molar-refractivity contribution in [2.45, 2.75) is 38.1 Å². The van der Waals surface area contributed by atoms with Gasteiger partial charge in [-0.05, 0) is 30.9 Å². The Labute approximate surface area is 89.3 Å². The normalized spacial score (nSPS) is 18.6. The summed E-state index contributed by atoms with van der Waals surface area (Å²) in [6.45, 7) is 0.316. The van der Waals surface area contributed by atoms with Gasteiger partial charge in [0.05, 0.1) is 0 Å². The number of rotatable bonds is 3. The largest absolute Gasteiger partial charge is 0.452 e. The lowest BCUT2D eigenvalue weighted by molar-refractivity contribution is 0.192. The maximum atomic E-state index is 10.7. The van der Waals surface area contributed by atoms with Crippen molar-refractivity contribution in [3.63, 3.8) is 0 Å². The van der Waals surface area contributed by atoms with Gasteiger partial charge in [0.15, 0.2) is 0 Å². The van der Waals surface area contributed by atoms with E-state index in [0.29, 0.717) is 12.6 Å². The van der Waals surface area contributed by atoms with Crippen LogP contribution in [0.2, 0.25) is 0 Å². The first kappa shape index (κ1) is 11.6. The van der Waals surface area contributed by atoms with Gasteiger partial charge in [-0.15, -0.1) is 0 Å². The highest BCUT2D eigenvalue weighted by Gasteiger charge is 2.10. The van der Waals surface area contributed by atoms with Gasteiger partial charge in [-0.1, -0.05) is 19.3 Å². The van der Waals surface area contributed by atoms with Gasteiger partial charge >= 0.3 is 5.30 Å². The molecule has 0 aromatic rings. The molecule has 14 heavy (non-hydrogen) atoms. The van der Waals surface area contributed by atoms with Gasteiger partial charge in [-0.2, -0.15) is 0 Å². The second-order valence-electron chi connectivity index (χ2n) is 3.39.